The maximum atomic E-state index is 12.9. The van der Waals surface area contributed by atoms with E-state index in [2.05, 4.69) is 15.3 Å². The highest BCUT2D eigenvalue weighted by Gasteiger charge is 2.40. The number of H-pyrrole nitrogens is 1. The lowest BCUT2D eigenvalue weighted by Gasteiger charge is -2.30. The SMILES string of the molecule is CCOC(=O)C1=C(C)NC(C)=C(C(=O)OC(C)C)C1c1[nH]c(CC)nc1Cl. The van der Waals surface area contributed by atoms with E-state index in [-0.39, 0.29) is 17.9 Å². The Hall–Kier alpha value is -2.28. The number of aromatic amines is 1. The number of halogens is 1. The molecule has 1 unspecified atom stereocenters. The minimum Gasteiger partial charge on any atom is -0.463 e. The Labute approximate surface area is 164 Å². The van der Waals surface area contributed by atoms with Gasteiger partial charge in [-0.05, 0) is 34.6 Å². The van der Waals surface area contributed by atoms with Crippen LogP contribution in [0.3, 0.4) is 0 Å². The van der Waals surface area contributed by atoms with Crippen molar-refractivity contribution >= 4 is 23.5 Å². The first kappa shape index (κ1) is 21.0. The van der Waals surface area contributed by atoms with Crippen LogP contribution in [-0.4, -0.2) is 34.6 Å². The fourth-order valence-electron chi connectivity index (χ4n) is 3.08. The van der Waals surface area contributed by atoms with Crippen LogP contribution in [0.25, 0.3) is 0 Å². The number of hydrogen-bond donors (Lipinski definition) is 2. The Kier molecular flexibility index (Phi) is 6.70. The molecule has 0 fully saturated rings. The summed E-state index contributed by atoms with van der Waals surface area (Å²) in [6.07, 6.45) is 0.330. The van der Waals surface area contributed by atoms with Crippen LogP contribution in [0.2, 0.25) is 5.15 Å². The van der Waals surface area contributed by atoms with Crippen LogP contribution in [0.15, 0.2) is 22.5 Å². The monoisotopic (exact) mass is 395 g/mol. The number of dihydropyridines is 1. The van der Waals surface area contributed by atoms with E-state index in [9.17, 15) is 9.59 Å². The minimum atomic E-state index is -0.753. The lowest BCUT2D eigenvalue weighted by atomic mass is 9.83. The molecule has 2 heterocycles. The summed E-state index contributed by atoms with van der Waals surface area (Å²) >= 11 is 6.36. The number of nitrogens with zero attached hydrogens (tertiary/aromatic N) is 1. The van der Waals surface area contributed by atoms with Gasteiger partial charge < -0.3 is 19.8 Å². The number of imidazole rings is 1. The van der Waals surface area contributed by atoms with Gasteiger partial charge in [-0.1, -0.05) is 18.5 Å². The molecule has 1 atom stereocenters. The maximum Gasteiger partial charge on any atom is 0.337 e. The Morgan fingerprint density at radius 3 is 2.22 bits per heavy atom. The summed E-state index contributed by atoms with van der Waals surface area (Å²) < 4.78 is 10.7. The Morgan fingerprint density at radius 2 is 1.74 bits per heavy atom. The van der Waals surface area contributed by atoms with Gasteiger partial charge in [0, 0.05) is 17.8 Å². The van der Waals surface area contributed by atoms with Crippen LogP contribution >= 0.6 is 11.6 Å². The van der Waals surface area contributed by atoms with Gasteiger partial charge in [0.15, 0.2) is 5.15 Å². The summed E-state index contributed by atoms with van der Waals surface area (Å²) in [6.45, 7) is 10.9. The highest BCUT2D eigenvalue weighted by atomic mass is 35.5. The average Bonchev–Trinajstić information content (AvgIpc) is 2.94. The molecule has 7 nitrogen and oxygen atoms in total. The molecule has 148 valence electrons. The molecule has 1 aromatic rings. The second kappa shape index (κ2) is 8.61. The van der Waals surface area contributed by atoms with E-state index in [4.69, 9.17) is 21.1 Å². The standard InChI is InChI=1S/C19H26ClN3O4/c1-7-12-22-16(17(20)23-12)15-13(18(24)26-8-2)10(5)21-11(6)14(15)19(25)27-9(3)4/h9,15,21H,7-8H2,1-6H3,(H,22,23). The molecular formula is C19H26ClN3O4. The summed E-state index contributed by atoms with van der Waals surface area (Å²) in [5.74, 6) is -1.11. The van der Waals surface area contributed by atoms with Crippen molar-refractivity contribution in [2.24, 2.45) is 0 Å². The van der Waals surface area contributed by atoms with E-state index >= 15 is 0 Å². The van der Waals surface area contributed by atoms with Gasteiger partial charge in [0.25, 0.3) is 0 Å². The highest BCUT2D eigenvalue weighted by molar-refractivity contribution is 6.30. The largest absolute Gasteiger partial charge is 0.463 e. The first-order valence-corrected chi connectivity index (χ1v) is 9.39. The lowest BCUT2D eigenvalue weighted by Crippen LogP contribution is -2.33. The number of ether oxygens (including phenoxy) is 2. The predicted octanol–water partition coefficient (Wildman–Crippen LogP) is 3.38. The molecule has 0 radical (unpaired) electrons. The van der Waals surface area contributed by atoms with Gasteiger partial charge in [-0.15, -0.1) is 0 Å². The number of carbonyl (C=O) groups is 2. The van der Waals surface area contributed by atoms with Crippen molar-refractivity contribution in [3.63, 3.8) is 0 Å². The van der Waals surface area contributed by atoms with Crippen molar-refractivity contribution in [3.05, 3.63) is 39.2 Å². The van der Waals surface area contributed by atoms with Crippen LogP contribution in [-0.2, 0) is 25.5 Å². The number of allylic oxidation sites excluding steroid dienone is 2. The van der Waals surface area contributed by atoms with Crippen LogP contribution < -0.4 is 5.32 Å². The predicted molar refractivity (Wildman–Crippen MR) is 102 cm³/mol. The molecule has 2 rings (SSSR count). The number of esters is 2. The molecule has 2 N–H and O–H groups in total. The maximum absolute atomic E-state index is 12.9. The third kappa shape index (κ3) is 4.35. The van der Waals surface area contributed by atoms with Crippen LogP contribution in [0.1, 0.15) is 59.0 Å². The lowest BCUT2D eigenvalue weighted by molar-refractivity contribution is -0.143. The molecule has 0 aliphatic carbocycles. The summed E-state index contributed by atoms with van der Waals surface area (Å²) in [5, 5.41) is 3.31. The van der Waals surface area contributed by atoms with Crippen LogP contribution in [0.5, 0.6) is 0 Å². The van der Waals surface area contributed by atoms with Gasteiger partial charge in [0.1, 0.15) is 5.82 Å². The first-order chi connectivity index (χ1) is 12.7. The first-order valence-electron chi connectivity index (χ1n) is 9.02. The second-order valence-electron chi connectivity index (χ2n) is 6.55. The van der Waals surface area contributed by atoms with Gasteiger partial charge in [-0.25, -0.2) is 14.6 Å². The number of aryl methyl sites for hydroxylation is 1. The number of carbonyl (C=O) groups excluding carboxylic acids is 2. The Morgan fingerprint density at radius 1 is 1.15 bits per heavy atom. The molecule has 0 saturated heterocycles. The molecule has 1 aromatic heterocycles. The van der Waals surface area contributed by atoms with E-state index in [0.29, 0.717) is 40.5 Å². The molecule has 1 aliphatic heterocycles. The van der Waals surface area contributed by atoms with Gasteiger partial charge in [-0.3, -0.25) is 0 Å². The third-order valence-corrected chi connectivity index (χ3v) is 4.46. The van der Waals surface area contributed by atoms with Gasteiger partial charge in [0.2, 0.25) is 0 Å². The van der Waals surface area contributed by atoms with Gasteiger partial charge in [0.05, 0.1) is 35.5 Å². The van der Waals surface area contributed by atoms with Crippen molar-refractivity contribution in [2.45, 2.75) is 60.0 Å². The van der Waals surface area contributed by atoms with E-state index in [1.807, 2.05) is 6.92 Å². The summed E-state index contributed by atoms with van der Waals surface area (Å²) in [6, 6.07) is 0. The number of nitrogens with one attached hydrogen (secondary N) is 2. The smallest absolute Gasteiger partial charge is 0.337 e. The molecule has 0 saturated carbocycles. The molecule has 0 aromatic carbocycles. The zero-order valence-corrected chi connectivity index (χ0v) is 17.3. The summed E-state index contributed by atoms with van der Waals surface area (Å²) in [5.41, 5.74) is 2.30. The second-order valence-corrected chi connectivity index (χ2v) is 6.91. The Balaban J connectivity index is 2.66. The molecule has 0 amide bonds. The normalized spacial score (nSPS) is 17.3. The summed E-state index contributed by atoms with van der Waals surface area (Å²) in [7, 11) is 0. The van der Waals surface area contributed by atoms with Gasteiger partial charge >= 0.3 is 11.9 Å². The van der Waals surface area contributed by atoms with Crippen LogP contribution in [0, 0.1) is 0 Å². The molecular weight excluding hydrogens is 370 g/mol. The topological polar surface area (TPSA) is 93.3 Å². The highest BCUT2D eigenvalue weighted by Crippen LogP contribution is 2.41. The van der Waals surface area contributed by atoms with E-state index in [1.54, 1.807) is 34.6 Å². The molecule has 8 heteroatoms. The van der Waals surface area contributed by atoms with E-state index in [1.165, 1.54) is 0 Å². The number of hydrogen-bond acceptors (Lipinski definition) is 6. The minimum absolute atomic E-state index is 0.216. The molecule has 1 aliphatic rings. The number of rotatable bonds is 6. The molecule has 0 bridgehead atoms. The van der Waals surface area contributed by atoms with Crippen molar-refractivity contribution in [3.8, 4) is 0 Å². The zero-order valence-electron chi connectivity index (χ0n) is 16.5. The molecule has 0 spiro atoms. The van der Waals surface area contributed by atoms with Gasteiger partial charge in [-0.2, -0.15) is 0 Å². The summed E-state index contributed by atoms with van der Waals surface area (Å²) in [4.78, 5) is 33.0. The quantitative estimate of drug-likeness (QED) is 0.717. The van der Waals surface area contributed by atoms with Crippen LogP contribution in [0.4, 0.5) is 0 Å². The molecule has 27 heavy (non-hydrogen) atoms. The number of aromatic nitrogens is 2. The van der Waals surface area contributed by atoms with Crippen molar-refractivity contribution in [1.29, 1.82) is 0 Å². The fraction of sp³-hybridized carbons (Fsp3) is 0.526. The van der Waals surface area contributed by atoms with E-state index in [0.717, 1.165) is 0 Å². The Bertz CT molecular complexity index is 808. The van der Waals surface area contributed by atoms with Crippen molar-refractivity contribution < 1.29 is 19.1 Å². The average molecular weight is 396 g/mol. The fourth-order valence-corrected chi connectivity index (χ4v) is 3.34. The van der Waals surface area contributed by atoms with Crippen molar-refractivity contribution in [1.82, 2.24) is 15.3 Å². The van der Waals surface area contributed by atoms with Crippen molar-refractivity contribution in [2.75, 3.05) is 6.61 Å². The zero-order chi connectivity index (χ0) is 20.3. The van der Waals surface area contributed by atoms with E-state index < -0.39 is 17.9 Å². The third-order valence-electron chi connectivity index (χ3n) is 4.18.